The number of hydrogen-bond acceptors (Lipinski definition) is 2. The number of anilines is 1. The number of carbonyl (C=O) groups is 1. The molecule has 0 aliphatic heterocycles. The molecule has 0 fully saturated rings. The second-order valence-corrected chi connectivity index (χ2v) is 6.06. The molecule has 1 amide bonds. The summed E-state index contributed by atoms with van der Waals surface area (Å²) < 4.78 is 41.1. The Balaban J connectivity index is 1.84. The van der Waals surface area contributed by atoms with Crippen LogP contribution in [0.2, 0.25) is 0 Å². The van der Waals surface area contributed by atoms with Crippen molar-refractivity contribution < 1.29 is 18.0 Å². The lowest BCUT2D eigenvalue weighted by molar-refractivity contribution is -0.137. The van der Waals surface area contributed by atoms with E-state index in [1.165, 1.54) is 12.1 Å². The summed E-state index contributed by atoms with van der Waals surface area (Å²) in [7, 11) is 0. The predicted molar refractivity (Wildman–Crippen MR) is 97.5 cm³/mol. The molecule has 1 aromatic heterocycles. The predicted octanol–water partition coefficient (Wildman–Crippen LogP) is 5.15. The van der Waals surface area contributed by atoms with Crippen LogP contribution in [0.3, 0.4) is 0 Å². The van der Waals surface area contributed by atoms with Crippen LogP contribution in [-0.2, 0) is 12.7 Å². The van der Waals surface area contributed by atoms with E-state index in [0.717, 1.165) is 11.8 Å². The number of rotatable bonds is 4. The Bertz CT molecular complexity index is 959. The quantitative estimate of drug-likeness (QED) is 0.688. The van der Waals surface area contributed by atoms with E-state index in [2.05, 4.69) is 10.4 Å². The monoisotopic (exact) mass is 373 g/mol. The van der Waals surface area contributed by atoms with Crippen LogP contribution in [-0.4, -0.2) is 15.7 Å². The van der Waals surface area contributed by atoms with Crippen LogP contribution in [0.1, 0.15) is 28.7 Å². The van der Waals surface area contributed by atoms with Gasteiger partial charge < -0.3 is 5.32 Å². The number of aryl methyl sites for hydroxylation is 2. The molecule has 7 heteroatoms. The lowest BCUT2D eigenvalue weighted by Crippen LogP contribution is -2.17. The Labute approximate surface area is 154 Å². The van der Waals surface area contributed by atoms with Gasteiger partial charge in [-0.1, -0.05) is 30.3 Å². The van der Waals surface area contributed by atoms with Gasteiger partial charge in [-0.25, -0.2) is 0 Å². The highest BCUT2D eigenvalue weighted by Crippen LogP contribution is 2.37. The summed E-state index contributed by atoms with van der Waals surface area (Å²) in [6, 6.07) is 13.4. The number of aromatic nitrogens is 2. The molecule has 0 spiro atoms. The summed E-state index contributed by atoms with van der Waals surface area (Å²) in [5.74, 6) is -0.319. The topological polar surface area (TPSA) is 46.9 Å². The highest BCUT2D eigenvalue weighted by molar-refractivity contribution is 6.03. The van der Waals surface area contributed by atoms with Crippen LogP contribution in [0.4, 0.5) is 18.9 Å². The smallest absolute Gasteiger partial charge is 0.321 e. The molecule has 3 rings (SSSR count). The molecule has 0 aliphatic rings. The van der Waals surface area contributed by atoms with E-state index in [0.29, 0.717) is 23.5 Å². The number of halogens is 3. The molecule has 140 valence electrons. The Hall–Kier alpha value is -3.09. The number of nitrogens with zero attached hydrogens (tertiary/aromatic N) is 2. The van der Waals surface area contributed by atoms with Crippen molar-refractivity contribution in [2.24, 2.45) is 0 Å². The van der Waals surface area contributed by atoms with Crippen LogP contribution < -0.4 is 5.32 Å². The summed E-state index contributed by atoms with van der Waals surface area (Å²) in [6.07, 6.45) is -4.43. The first-order valence-electron chi connectivity index (χ1n) is 8.42. The molecular formula is C20H18F3N3O. The van der Waals surface area contributed by atoms with Crippen LogP contribution in [0.25, 0.3) is 11.1 Å². The molecule has 0 atom stereocenters. The molecule has 1 heterocycles. The van der Waals surface area contributed by atoms with Gasteiger partial charge in [-0.15, -0.1) is 0 Å². The van der Waals surface area contributed by atoms with Gasteiger partial charge in [0.15, 0.2) is 0 Å². The van der Waals surface area contributed by atoms with E-state index in [-0.39, 0.29) is 11.5 Å². The highest BCUT2D eigenvalue weighted by Gasteiger charge is 2.33. The van der Waals surface area contributed by atoms with Crippen LogP contribution in [0.5, 0.6) is 0 Å². The van der Waals surface area contributed by atoms with Gasteiger partial charge in [0.1, 0.15) is 5.69 Å². The largest absolute Gasteiger partial charge is 0.417 e. The first-order valence-corrected chi connectivity index (χ1v) is 8.42. The number of hydrogen-bond donors (Lipinski definition) is 1. The maximum Gasteiger partial charge on any atom is 0.417 e. The SMILES string of the molecule is CCn1nc(C)cc1C(=O)Nc1ccc(-c2ccccc2C(F)(F)F)cc1. The molecule has 0 saturated carbocycles. The molecule has 0 radical (unpaired) electrons. The average Bonchev–Trinajstić information content (AvgIpc) is 3.03. The number of benzene rings is 2. The van der Waals surface area contributed by atoms with Gasteiger partial charge in [-0.2, -0.15) is 18.3 Å². The number of carbonyl (C=O) groups excluding carboxylic acids is 1. The zero-order chi connectivity index (χ0) is 19.6. The maximum absolute atomic E-state index is 13.2. The second kappa shape index (κ2) is 7.26. The van der Waals surface area contributed by atoms with Crippen molar-refractivity contribution in [2.45, 2.75) is 26.6 Å². The molecule has 0 unspecified atom stereocenters. The molecule has 0 bridgehead atoms. The van der Waals surface area contributed by atoms with E-state index in [4.69, 9.17) is 0 Å². The average molecular weight is 373 g/mol. The second-order valence-electron chi connectivity index (χ2n) is 6.06. The van der Waals surface area contributed by atoms with E-state index in [1.807, 2.05) is 6.92 Å². The minimum Gasteiger partial charge on any atom is -0.321 e. The molecule has 0 saturated heterocycles. The standard InChI is InChI=1S/C20H18F3N3O/c1-3-26-18(12-13(2)25-26)19(27)24-15-10-8-14(9-11-15)16-6-4-5-7-17(16)20(21,22)23/h4-12H,3H2,1-2H3,(H,24,27). The van der Waals surface area contributed by atoms with Crippen molar-refractivity contribution in [3.05, 3.63) is 71.5 Å². The van der Waals surface area contributed by atoms with E-state index in [9.17, 15) is 18.0 Å². The third-order valence-electron chi connectivity index (χ3n) is 4.12. The lowest BCUT2D eigenvalue weighted by atomic mass is 9.99. The lowest BCUT2D eigenvalue weighted by Gasteiger charge is -2.13. The van der Waals surface area contributed by atoms with E-state index < -0.39 is 11.7 Å². The Morgan fingerprint density at radius 2 is 1.78 bits per heavy atom. The van der Waals surface area contributed by atoms with E-state index >= 15 is 0 Å². The number of nitrogens with one attached hydrogen (secondary N) is 1. The molecular weight excluding hydrogens is 355 g/mol. The van der Waals surface area contributed by atoms with Crippen molar-refractivity contribution in [3.63, 3.8) is 0 Å². The zero-order valence-electron chi connectivity index (χ0n) is 14.8. The number of alkyl halides is 3. The fourth-order valence-corrected chi connectivity index (χ4v) is 2.88. The third-order valence-corrected chi connectivity index (χ3v) is 4.12. The zero-order valence-corrected chi connectivity index (χ0v) is 14.8. The van der Waals surface area contributed by atoms with E-state index in [1.54, 1.807) is 48.0 Å². The van der Waals surface area contributed by atoms with Crippen molar-refractivity contribution in [2.75, 3.05) is 5.32 Å². The van der Waals surface area contributed by atoms with Gasteiger partial charge in [0.25, 0.3) is 5.91 Å². The van der Waals surface area contributed by atoms with Gasteiger partial charge in [-0.05, 0) is 49.2 Å². The summed E-state index contributed by atoms with van der Waals surface area (Å²) in [6.45, 7) is 4.25. The normalized spacial score (nSPS) is 11.4. The van der Waals surface area contributed by atoms with Gasteiger partial charge >= 0.3 is 6.18 Å². The molecule has 1 N–H and O–H groups in total. The Morgan fingerprint density at radius 3 is 2.41 bits per heavy atom. The van der Waals surface area contributed by atoms with Gasteiger partial charge in [-0.3, -0.25) is 9.48 Å². The van der Waals surface area contributed by atoms with Crippen molar-refractivity contribution in [1.29, 1.82) is 0 Å². The first-order chi connectivity index (χ1) is 12.8. The fraction of sp³-hybridized carbons (Fsp3) is 0.200. The summed E-state index contributed by atoms with van der Waals surface area (Å²) >= 11 is 0. The highest BCUT2D eigenvalue weighted by atomic mass is 19.4. The van der Waals surface area contributed by atoms with Gasteiger partial charge in [0, 0.05) is 12.2 Å². The molecule has 4 nitrogen and oxygen atoms in total. The summed E-state index contributed by atoms with van der Waals surface area (Å²) in [5, 5.41) is 6.98. The third kappa shape index (κ3) is 4.02. The van der Waals surface area contributed by atoms with Crippen LogP contribution >= 0.6 is 0 Å². The Kier molecular flexibility index (Phi) is 5.03. The minimum absolute atomic E-state index is 0.0996. The van der Waals surface area contributed by atoms with Crippen LogP contribution in [0.15, 0.2) is 54.6 Å². The molecule has 2 aromatic carbocycles. The minimum atomic E-state index is -4.43. The fourth-order valence-electron chi connectivity index (χ4n) is 2.88. The van der Waals surface area contributed by atoms with Crippen molar-refractivity contribution in [3.8, 4) is 11.1 Å². The summed E-state index contributed by atoms with van der Waals surface area (Å²) in [4.78, 5) is 12.4. The first kappa shape index (κ1) is 18.7. The van der Waals surface area contributed by atoms with Gasteiger partial charge in [0.05, 0.1) is 11.3 Å². The summed E-state index contributed by atoms with van der Waals surface area (Å²) in [5.41, 5.74) is 1.50. The van der Waals surface area contributed by atoms with Gasteiger partial charge in [0.2, 0.25) is 0 Å². The van der Waals surface area contributed by atoms with Crippen molar-refractivity contribution in [1.82, 2.24) is 9.78 Å². The Morgan fingerprint density at radius 1 is 1.11 bits per heavy atom. The maximum atomic E-state index is 13.2. The van der Waals surface area contributed by atoms with Crippen molar-refractivity contribution >= 4 is 11.6 Å². The van der Waals surface area contributed by atoms with Crippen LogP contribution in [0, 0.1) is 6.92 Å². The molecule has 27 heavy (non-hydrogen) atoms. The molecule has 0 aliphatic carbocycles. The number of amides is 1. The molecule has 3 aromatic rings.